The molecule has 0 aliphatic carbocycles. The number of hydrogen-bond acceptors (Lipinski definition) is 3. The van der Waals surface area contributed by atoms with Crippen molar-refractivity contribution in [3.05, 3.63) is 35.4 Å². The summed E-state index contributed by atoms with van der Waals surface area (Å²) < 4.78 is 0. The molecule has 1 aliphatic heterocycles. The van der Waals surface area contributed by atoms with Crippen LogP contribution < -0.4 is 0 Å². The molecule has 0 radical (unpaired) electrons. The first-order valence-corrected chi connectivity index (χ1v) is 7.77. The van der Waals surface area contributed by atoms with Crippen LogP contribution in [0.1, 0.15) is 37.0 Å². The van der Waals surface area contributed by atoms with E-state index >= 15 is 0 Å². The van der Waals surface area contributed by atoms with Crippen molar-refractivity contribution in [3.63, 3.8) is 0 Å². The fourth-order valence-corrected chi connectivity index (χ4v) is 2.91. The van der Waals surface area contributed by atoms with Gasteiger partial charge in [0.15, 0.2) is 0 Å². The maximum absolute atomic E-state index is 10.3. The second-order valence-electron chi connectivity index (χ2n) is 6.06. The van der Waals surface area contributed by atoms with E-state index in [0.29, 0.717) is 6.04 Å². The largest absolute Gasteiger partial charge is 0.388 e. The number of rotatable bonds is 5. The third kappa shape index (κ3) is 4.05. The van der Waals surface area contributed by atoms with E-state index in [9.17, 15) is 5.11 Å². The van der Waals surface area contributed by atoms with E-state index in [1.54, 1.807) is 0 Å². The van der Waals surface area contributed by atoms with Crippen LogP contribution in [-0.4, -0.2) is 54.2 Å². The summed E-state index contributed by atoms with van der Waals surface area (Å²) in [5, 5.41) is 10.3. The molecule has 1 N–H and O–H groups in total. The van der Waals surface area contributed by atoms with E-state index in [2.05, 4.69) is 42.8 Å². The molecule has 1 fully saturated rings. The summed E-state index contributed by atoms with van der Waals surface area (Å²) in [4.78, 5) is 4.94. The summed E-state index contributed by atoms with van der Waals surface area (Å²) in [5.41, 5.74) is 2.28. The summed E-state index contributed by atoms with van der Waals surface area (Å²) in [6, 6.07) is 8.89. The topological polar surface area (TPSA) is 26.7 Å². The molecular weight excluding hydrogens is 248 g/mol. The quantitative estimate of drug-likeness (QED) is 0.895. The molecule has 3 heteroatoms. The number of aliphatic hydroxyl groups excluding tert-OH is 1. The van der Waals surface area contributed by atoms with Crippen LogP contribution in [0.4, 0.5) is 0 Å². The van der Waals surface area contributed by atoms with Crippen molar-refractivity contribution in [2.45, 2.75) is 38.8 Å². The minimum Gasteiger partial charge on any atom is -0.388 e. The second kappa shape index (κ2) is 7.21. The van der Waals surface area contributed by atoms with Gasteiger partial charge in [0, 0.05) is 32.2 Å². The lowest BCUT2D eigenvalue weighted by Crippen LogP contribution is -2.51. The zero-order chi connectivity index (χ0) is 14.5. The lowest BCUT2D eigenvalue weighted by atomic mass is 10.0. The molecule has 20 heavy (non-hydrogen) atoms. The first-order valence-electron chi connectivity index (χ1n) is 7.77. The normalized spacial score (nSPS) is 22.9. The van der Waals surface area contributed by atoms with Gasteiger partial charge in [-0.15, -0.1) is 0 Å². The van der Waals surface area contributed by atoms with Crippen molar-refractivity contribution in [1.82, 2.24) is 9.80 Å². The summed E-state index contributed by atoms with van der Waals surface area (Å²) in [6.07, 6.45) is 1.69. The Kier molecular flexibility index (Phi) is 5.58. The average molecular weight is 276 g/mol. The monoisotopic (exact) mass is 276 g/mol. The van der Waals surface area contributed by atoms with E-state index in [-0.39, 0.29) is 6.10 Å². The van der Waals surface area contributed by atoms with Gasteiger partial charge in [0.05, 0.1) is 6.10 Å². The highest BCUT2D eigenvalue weighted by Gasteiger charge is 2.23. The van der Waals surface area contributed by atoms with Crippen molar-refractivity contribution in [1.29, 1.82) is 0 Å². The maximum atomic E-state index is 10.3. The lowest BCUT2D eigenvalue weighted by molar-refractivity contribution is 0.0755. The summed E-state index contributed by atoms with van der Waals surface area (Å²) >= 11 is 0. The van der Waals surface area contributed by atoms with E-state index in [0.717, 1.165) is 38.2 Å². The molecule has 1 aromatic carbocycles. The second-order valence-corrected chi connectivity index (χ2v) is 6.06. The molecule has 0 saturated carbocycles. The SMILES string of the molecule is CCC1CN(CCC(O)c2ccc(C)cc2)CCN1C. The molecule has 2 rings (SSSR count). The zero-order valence-corrected chi connectivity index (χ0v) is 13.0. The van der Waals surface area contributed by atoms with Gasteiger partial charge in [-0.05, 0) is 32.4 Å². The van der Waals surface area contributed by atoms with Crippen LogP contribution in [0, 0.1) is 6.92 Å². The minimum atomic E-state index is -0.338. The van der Waals surface area contributed by atoms with E-state index in [1.807, 2.05) is 12.1 Å². The number of nitrogens with zero attached hydrogens (tertiary/aromatic N) is 2. The Bertz CT molecular complexity index is 404. The Morgan fingerprint density at radius 1 is 1.25 bits per heavy atom. The van der Waals surface area contributed by atoms with Crippen molar-refractivity contribution in [2.75, 3.05) is 33.2 Å². The molecule has 0 spiro atoms. The first-order chi connectivity index (χ1) is 9.60. The van der Waals surface area contributed by atoms with Crippen LogP contribution in [0.15, 0.2) is 24.3 Å². The Balaban J connectivity index is 1.81. The summed E-state index contributed by atoms with van der Waals surface area (Å²) in [7, 11) is 2.21. The predicted octanol–water partition coefficient (Wildman–Crippen LogP) is 2.44. The van der Waals surface area contributed by atoms with Crippen LogP contribution in [0.2, 0.25) is 0 Å². The fourth-order valence-electron chi connectivity index (χ4n) is 2.91. The third-order valence-corrected chi connectivity index (χ3v) is 4.51. The third-order valence-electron chi connectivity index (χ3n) is 4.51. The summed E-state index contributed by atoms with van der Waals surface area (Å²) in [6.45, 7) is 8.71. The van der Waals surface area contributed by atoms with Crippen molar-refractivity contribution in [3.8, 4) is 0 Å². The number of hydrogen-bond donors (Lipinski definition) is 1. The molecule has 0 aromatic heterocycles. The van der Waals surface area contributed by atoms with E-state index in [1.165, 1.54) is 12.0 Å². The molecule has 2 unspecified atom stereocenters. The summed E-state index contributed by atoms with van der Waals surface area (Å²) in [5.74, 6) is 0. The zero-order valence-electron chi connectivity index (χ0n) is 13.0. The molecule has 3 nitrogen and oxygen atoms in total. The van der Waals surface area contributed by atoms with E-state index < -0.39 is 0 Å². The molecule has 1 heterocycles. The van der Waals surface area contributed by atoms with Gasteiger partial charge in [0.25, 0.3) is 0 Å². The van der Waals surface area contributed by atoms with Gasteiger partial charge in [-0.25, -0.2) is 0 Å². The highest BCUT2D eigenvalue weighted by Crippen LogP contribution is 2.19. The van der Waals surface area contributed by atoms with Crippen molar-refractivity contribution >= 4 is 0 Å². The van der Waals surface area contributed by atoms with Crippen LogP contribution in [0.5, 0.6) is 0 Å². The van der Waals surface area contributed by atoms with Crippen molar-refractivity contribution < 1.29 is 5.11 Å². The number of aryl methyl sites for hydroxylation is 1. The number of piperazine rings is 1. The fraction of sp³-hybridized carbons (Fsp3) is 0.647. The van der Waals surface area contributed by atoms with Crippen LogP contribution in [-0.2, 0) is 0 Å². The highest BCUT2D eigenvalue weighted by atomic mass is 16.3. The van der Waals surface area contributed by atoms with Gasteiger partial charge in [-0.1, -0.05) is 36.8 Å². The van der Waals surface area contributed by atoms with E-state index in [4.69, 9.17) is 0 Å². The lowest BCUT2D eigenvalue weighted by Gasteiger charge is -2.39. The number of aliphatic hydroxyl groups is 1. The average Bonchev–Trinajstić information content (AvgIpc) is 2.46. The molecule has 2 atom stereocenters. The van der Waals surface area contributed by atoms with Gasteiger partial charge in [-0.2, -0.15) is 0 Å². The predicted molar refractivity (Wildman–Crippen MR) is 83.9 cm³/mol. The molecule has 1 aliphatic rings. The van der Waals surface area contributed by atoms with Gasteiger partial charge in [-0.3, -0.25) is 0 Å². The highest BCUT2D eigenvalue weighted by molar-refractivity contribution is 5.23. The smallest absolute Gasteiger partial charge is 0.0802 e. The molecule has 1 saturated heterocycles. The number of likely N-dealkylation sites (N-methyl/N-ethyl adjacent to an activating group) is 1. The van der Waals surface area contributed by atoms with Crippen LogP contribution in [0.3, 0.4) is 0 Å². The minimum absolute atomic E-state index is 0.338. The Morgan fingerprint density at radius 3 is 2.60 bits per heavy atom. The maximum Gasteiger partial charge on any atom is 0.0802 e. The Labute approximate surface area is 123 Å². The first kappa shape index (κ1) is 15.5. The molecule has 0 amide bonds. The van der Waals surface area contributed by atoms with Crippen LogP contribution in [0.25, 0.3) is 0 Å². The molecule has 0 bridgehead atoms. The van der Waals surface area contributed by atoms with Crippen molar-refractivity contribution in [2.24, 2.45) is 0 Å². The van der Waals surface area contributed by atoms with Gasteiger partial charge in [0.1, 0.15) is 0 Å². The van der Waals surface area contributed by atoms with Crippen LogP contribution >= 0.6 is 0 Å². The van der Waals surface area contributed by atoms with Gasteiger partial charge >= 0.3 is 0 Å². The van der Waals surface area contributed by atoms with Gasteiger partial charge < -0.3 is 14.9 Å². The molecular formula is C17H28N2O. The Hall–Kier alpha value is -0.900. The molecule has 112 valence electrons. The van der Waals surface area contributed by atoms with Gasteiger partial charge in [0.2, 0.25) is 0 Å². The standard InChI is InChI=1S/C17H28N2O/c1-4-16-13-19(12-11-18(16)3)10-9-17(20)15-7-5-14(2)6-8-15/h5-8,16-17,20H,4,9-13H2,1-3H3. The number of benzene rings is 1. The molecule has 1 aromatic rings. The Morgan fingerprint density at radius 2 is 1.95 bits per heavy atom.